The molecular weight excluding hydrogens is 448 g/mol. The van der Waals surface area contributed by atoms with E-state index in [-0.39, 0.29) is 19.4 Å². The standard InChI is InChI=1S/C25H32N6O4/c1-25(2,3)21(26)23(33)31-14-18(29-30-27)13-20(31)22(32)28-19(24(34)35-4)12-15-9-10-16-7-5-6-8-17(16)11-15/h5-11,18-21H,12-14,26H2,1-4H3,(H,28,32)/t18-,19-,20-,21+/m0/s1. The van der Waals surface area contributed by atoms with Gasteiger partial charge in [0.05, 0.1) is 19.2 Å². The molecule has 3 rings (SSSR count). The van der Waals surface area contributed by atoms with Crippen molar-refractivity contribution in [3.63, 3.8) is 0 Å². The summed E-state index contributed by atoms with van der Waals surface area (Å²) in [5, 5.41) is 8.54. The average molecular weight is 481 g/mol. The summed E-state index contributed by atoms with van der Waals surface area (Å²) in [4.78, 5) is 43.2. The molecule has 0 aliphatic carbocycles. The van der Waals surface area contributed by atoms with Gasteiger partial charge in [0, 0.05) is 17.9 Å². The largest absolute Gasteiger partial charge is 0.467 e. The minimum absolute atomic E-state index is 0.0817. The highest BCUT2D eigenvalue weighted by atomic mass is 16.5. The lowest BCUT2D eigenvalue weighted by Gasteiger charge is -2.33. The monoisotopic (exact) mass is 480 g/mol. The highest BCUT2D eigenvalue weighted by Gasteiger charge is 2.43. The van der Waals surface area contributed by atoms with E-state index in [0.29, 0.717) is 0 Å². The van der Waals surface area contributed by atoms with Crippen molar-refractivity contribution in [3.05, 3.63) is 58.5 Å². The maximum absolute atomic E-state index is 13.3. The second-order valence-electron chi connectivity index (χ2n) is 9.91. The van der Waals surface area contributed by atoms with E-state index in [1.165, 1.54) is 12.0 Å². The van der Waals surface area contributed by atoms with E-state index in [1.807, 2.05) is 63.2 Å². The van der Waals surface area contributed by atoms with Gasteiger partial charge in [-0.05, 0) is 33.7 Å². The van der Waals surface area contributed by atoms with Crippen LogP contribution in [0.25, 0.3) is 21.2 Å². The molecule has 1 saturated heterocycles. The van der Waals surface area contributed by atoms with Crippen molar-refractivity contribution >= 4 is 28.6 Å². The van der Waals surface area contributed by atoms with Crippen LogP contribution in [0, 0.1) is 5.41 Å². The third-order valence-corrected chi connectivity index (χ3v) is 6.33. The normalized spacial score (nSPS) is 19.5. The van der Waals surface area contributed by atoms with E-state index in [4.69, 9.17) is 16.0 Å². The number of nitrogens with one attached hydrogen (secondary N) is 1. The Morgan fingerprint density at radius 3 is 2.54 bits per heavy atom. The van der Waals surface area contributed by atoms with Crippen LogP contribution in [0.15, 0.2) is 47.6 Å². The van der Waals surface area contributed by atoms with E-state index >= 15 is 0 Å². The number of nitrogens with two attached hydrogens (primary N) is 1. The summed E-state index contributed by atoms with van der Waals surface area (Å²) in [6.45, 7) is 5.59. The van der Waals surface area contributed by atoms with Crippen LogP contribution in [0.5, 0.6) is 0 Å². The van der Waals surface area contributed by atoms with Crippen molar-refractivity contribution in [1.82, 2.24) is 10.2 Å². The summed E-state index contributed by atoms with van der Waals surface area (Å²) in [6.07, 6.45) is 0.355. The van der Waals surface area contributed by atoms with Crippen LogP contribution in [-0.2, 0) is 25.5 Å². The molecule has 0 saturated carbocycles. The Bertz CT molecular complexity index is 1150. The van der Waals surface area contributed by atoms with Gasteiger partial charge in [0.2, 0.25) is 11.8 Å². The van der Waals surface area contributed by atoms with Crippen LogP contribution in [0.3, 0.4) is 0 Å². The van der Waals surface area contributed by atoms with Crippen LogP contribution in [0.2, 0.25) is 0 Å². The third-order valence-electron chi connectivity index (χ3n) is 6.33. The molecule has 1 aliphatic heterocycles. The van der Waals surface area contributed by atoms with E-state index in [1.54, 1.807) is 0 Å². The highest BCUT2D eigenvalue weighted by molar-refractivity contribution is 5.93. The lowest BCUT2D eigenvalue weighted by Crippen LogP contribution is -2.56. The molecule has 1 heterocycles. The van der Waals surface area contributed by atoms with Gasteiger partial charge in [-0.25, -0.2) is 4.79 Å². The van der Waals surface area contributed by atoms with Crippen molar-refractivity contribution < 1.29 is 19.1 Å². The Labute approximate surface area is 204 Å². The number of benzene rings is 2. The highest BCUT2D eigenvalue weighted by Crippen LogP contribution is 2.26. The van der Waals surface area contributed by atoms with E-state index in [9.17, 15) is 14.4 Å². The maximum atomic E-state index is 13.3. The molecule has 0 unspecified atom stereocenters. The first-order valence-electron chi connectivity index (χ1n) is 11.5. The number of methoxy groups -OCH3 is 1. The molecule has 0 radical (unpaired) electrons. The van der Waals surface area contributed by atoms with Gasteiger partial charge in [0.15, 0.2) is 0 Å². The van der Waals surface area contributed by atoms with Gasteiger partial charge in [0.1, 0.15) is 12.1 Å². The van der Waals surface area contributed by atoms with Gasteiger partial charge in [-0.1, -0.05) is 68.4 Å². The van der Waals surface area contributed by atoms with Gasteiger partial charge in [0.25, 0.3) is 0 Å². The van der Waals surface area contributed by atoms with Crippen molar-refractivity contribution in [2.45, 2.75) is 57.8 Å². The van der Waals surface area contributed by atoms with Crippen LogP contribution in [0.4, 0.5) is 0 Å². The molecule has 2 amide bonds. The fraction of sp³-hybridized carbons (Fsp3) is 0.480. The van der Waals surface area contributed by atoms with Gasteiger partial charge in [-0.15, -0.1) is 0 Å². The maximum Gasteiger partial charge on any atom is 0.328 e. The molecule has 0 bridgehead atoms. The summed E-state index contributed by atoms with van der Waals surface area (Å²) < 4.78 is 4.93. The van der Waals surface area contributed by atoms with E-state index in [0.717, 1.165) is 16.3 Å². The zero-order valence-corrected chi connectivity index (χ0v) is 20.5. The van der Waals surface area contributed by atoms with Crippen molar-refractivity contribution in [2.24, 2.45) is 16.3 Å². The average Bonchev–Trinajstić information content (AvgIpc) is 3.25. The van der Waals surface area contributed by atoms with Crippen LogP contribution in [0.1, 0.15) is 32.8 Å². The number of fused-ring (bicyclic) bond motifs is 1. The molecule has 10 heteroatoms. The Morgan fingerprint density at radius 1 is 1.23 bits per heavy atom. The lowest BCUT2D eigenvalue weighted by molar-refractivity contribution is -0.146. The number of esters is 1. The first-order valence-corrected chi connectivity index (χ1v) is 11.5. The van der Waals surface area contributed by atoms with Gasteiger partial charge < -0.3 is 20.7 Å². The predicted octanol–water partition coefficient (Wildman–Crippen LogP) is 2.69. The van der Waals surface area contributed by atoms with Crippen LogP contribution < -0.4 is 11.1 Å². The number of carbonyl (C=O) groups is 3. The minimum Gasteiger partial charge on any atom is -0.467 e. The molecule has 0 aromatic heterocycles. The molecule has 186 valence electrons. The fourth-order valence-electron chi connectivity index (χ4n) is 4.22. The van der Waals surface area contributed by atoms with E-state index < -0.39 is 47.4 Å². The number of nitrogens with zero attached hydrogens (tertiary/aromatic N) is 4. The van der Waals surface area contributed by atoms with Gasteiger partial charge in [-0.3, -0.25) is 9.59 Å². The summed E-state index contributed by atoms with van der Waals surface area (Å²) in [5.41, 5.74) is 15.4. The summed E-state index contributed by atoms with van der Waals surface area (Å²) in [5.74, 6) is -1.52. The molecule has 2 aromatic rings. The Balaban J connectivity index is 1.82. The second kappa shape index (κ2) is 10.8. The van der Waals surface area contributed by atoms with Crippen molar-refractivity contribution in [1.29, 1.82) is 0 Å². The summed E-state index contributed by atoms with van der Waals surface area (Å²) >= 11 is 0. The summed E-state index contributed by atoms with van der Waals surface area (Å²) in [7, 11) is 1.26. The quantitative estimate of drug-likeness (QED) is 0.270. The van der Waals surface area contributed by atoms with E-state index in [2.05, 4.69) is 15.3 Å². The molecule has 2 aromatic carbocycles. The third kappa shape index (κ3) is 6.09. The van der Waals surface area contributed by atoms with Crippen molar-refractivity contribution in [3.8, 4) is 0 Å². The molecule has 1 fully saturated rings. The molecular formula is C25H32N6O4. The molecule has 0 spiro atoms. The number of hydrogen-bond donors (Lipinski definition) is 2. The molecule has 3 N–H and O–H groups in total. The zero-order valence-electron chi connectivity index (χ0n) is 20.5. The number of azide groups is 1. The number of likely N-dealkylation sites (tertiary alicyclic amines) is 1. The van der Waals surface area contributed by atoms with Crippen molar-refractivity contribution in [2.75, 3.05) is 13.7 Å². The van der Waals surface area contributed by atoms with Gasteiger partial charge in [-0.2, -0.15) is 0 Å². The Hall–Kier alpha value is -3.62. The number of hydrogen-bond acceptors (Lipinski definition) is 6. The topological polar surface area (TPSA) is 150 Å². The number of amides is 2. The van der Waals surface area contributed by atoms with Crippen LogP contribution >= 0.6 is 0 Å². The molecule has 4 atom stereocenters. The first kappa shape index (κ1) is 26.0. The number of ether oxygens (including phenoxy) is 1. The zero-order chi connectivity index (χ0) is 25.8. The van der Waals surface area contributed by atoms with Crippen LogP contribution in [-0.4, -0.2) is 60.5 Å². The SMILES string of the molecule is COC(=O)[C@H](Cc1ccc2ccccc2c1)NC(=O)[C@@H]1C[C@H](N=[N+]=[N-])CN1C(=O)[C@@H](N)C(C)(C)C. The smallest absolute Gasteiger partial charge is 0.328 e. The Kier molecular flexibility index (Phi) is 7.99. The lowest BCUT2D eigenvalue weighted by atomic mass is 9.86. The van der Waals surface area contributed by atoms with Gasteiger partial charge >= 0.3 is 5.97 Å². The fourth-order valence-corrected chi connectivity index (χ4v) is 4.22. The first-order chi connectivity index (χ1) is 16.5. The minimum atomic E-state index is -0.958. The Morgan fingerprint density at radius 2 is 1.91 bits per heavy atom. The number of rotatable bonds is 7. The molecule has 35 heavy (non-hydrogen) atoms. The second-order valence-corrected chi connectivity index (χ2v) is 9.91. The molecule has 1 aliphatic rings. The summed E-state index contributed by atoms with van der Waals surface area (Å²) in [6, 6.07) is 10.4. The predicted molar refractivity (Wildman–Crippen MR) is 132 cm³/mol. The molecule has 10 nitrogen and oxygen atoms in total. The number of carbonyl (C=O) groups excluding carboxylic acids is 3.